The van der Waals surface area contributed by atoms with Crippen LogP contribution in [0.5, 0.6) is 11.6 Å². The molecule has 5 nitrogen and oxygen atoms in total. The third-order valence-electron chi connectivity index (χ3n) is 4.66. The van der Waals surface area contributed by atoms with Gasteiger partial charge in [0.1, 0.15) is 5.75 Å². The van der Waals surface area contributed by atoms with Crippen molar-refractivity contribution in [2.24, 2.45) is 0 Å². The smallest absolute Gasteiger partial charge is 0.227 e. The molecule has 1 aromatic carbocycles. The largest absolute Gasteiger partial charge is 0.438 e. The first-order valence-electron chi connectivity index (χ1n) is 9.31. The van der Waals surface area contributed by atoms with Crippen LogP contribution in [-0.2, 0) is 6.61 Å². The number of pyridine rings is 1. The van der Waals surface area contributed by atoms with Gasteiger partial charge in [-0.1, -0.05) is 25.4 Å². The number of benzene rings is 1. The molecule has 0 spiro atoms. The van der Waals surface area contributed by atoms with E-state index < -0.39 is 6.10 Å². The van der Waals surface area contributed by atoms with Gasteiger partial charge < -0.3 is 20.3 Å². The molecule has 0 saturated carbocycles. The van der Waals surface area contributed by atoms with Gasteiger partial charge >= 0.3 is 0 Å². The minimum absolute atomic E-state index is 0.117. The molecule has 0 radical (unpaired) electrons. The molecule has 3 N–H and O–H groups in total. The van der Waals surface area contributed by atoms with Crippen molar-refractivity contribution in [3.05, 3.63) is 45.6 Å². The Morgan fingerprint density at radius 3 is 2.26 bits per heavy atom. The first kappa shape index (κ1) is 21.5. The number of hydrogen-bond acceptors (Lipinski definition) is 5. The van der Waals surface area contributed by atoms with Gasteiger partial charge in [-0.3, -0.25) is 0 Å². The minimum Gasteiger partial charge on any atom is -0.438 e. The van der Waals surface area contributed by atoms with Gasteiger partial charge in [0.2, 0.25) is 5.88 Å². The van der Waals surface area contributed by atoms with Crippen molar-refractivity contribution in [2.45, 2.75) is 66.2 Å². The van der Waals surface area contributed by atoms with E-state index in [1.54, 1.807) is 0 Å². The van der Waals surface area contributed by atoms with E-state index in [1.165, 1.54) is 0 Å². The van der Waals surface area contributed by atoms with Crippen molar-refractivity contribution in [3.8, 4) is 11.6 Å². The van der Waals surface area contributed by atoms with E-state index in [2.05, 4.69) is 10.3 Å². The number of halogens is 1. The molecule has 0 bridgehead atoms. The van der Waals surface area contributed by atoms with Gasteiger partial charge in [0.25, 0.3) is 0 Å². The number of anilines is 1. The van der Waals surface area contributed by atoms with E-state index in [1.807, 2.05) is 52.8 Å². The highest BCUT2D eigenvalue weighted by molar-refractivity contribution is 6.30. The van der Waals surface area contributed by atoms with Crippen LogP contribution in [0.1, 0.15) is 49.1 Å². The fraction of sp³-hybridized carbons (Fsp3) is 0.476. The second-order valence-electron chi connectivity index (χ2n) is 6.86. The summed E-state index contributed by atoms with van der Waals surface area (Å²) in [6.45, 7) is 9.45. The molecule has 0 aliphatic carbocycles. The van der Waals surface area contributed by atoms with Gasteiger partial charge in [-0.15, -0.1) is 0 Å². The Hall–Kier alpha value is -1.82. The van der Waals surface area contributed by atoms with Gasteiger partial charge in [0.15, 0.2) is 0 Å². The lowest BCUT2D eigenvalue weighted by atomic mass is 10.0. The summed E-state index contributed by atoms with van der Waals surface area (Å²) in [4.78, 5) is 4.48. The predicted octanol–water partition coefficient (Wildman–Crippen LogP) is 4.91. The zero-order valence-corrected chi connectivity index (χ0v) is 17.4. The summed E-state index contributed by atoms with van der Waals surface area (Å²) in [7, 11) is 0. The van der Waals surface area contributed by atoms with Gasteiger partial charge in [0.05, 0.1) is 24.3 Å². The molecule has 2 aromatic rings. The highest BCUT2D eigenvalue weighted by atomic mass is 35.5. The zero-order valence-electron chi connectivity index (χ0n) is 16.6. The Morgan fingerprint density at radius 2 is 1.74 bits per heavy atom. The Kier molecular flexibility index (Phi) is 7.48. The van der Waals surface area contributed by atoms with Crippen LogP contribution in [0, 0.1) is 20.8 Å². The molecule has 0 amide bonds. The number of rotatable bonds is 8. The number of aliphatic hydroxyl groups excluding tert-OH is 2. The van der Waals surface area contributed by atoms with Crippen LogP contribution in [-0.4, -0.2) is 27.3 Å². The fourth-order valence-electron chi connectivity index (χ4n) is 3.15. The van der Waals surface area contributed by atoms with Crippen LogP contribution in [0.25, 0.3) is 0 Å². The molecule has 0 aliphatic rings. The molecular weight excluding hydrogens is 364 g/mol. The highest BCUT2D eigenvalue weighted by Gasteiger charge is 2.20. The summed E-state index contributed by atoms with van der Waals surface area (Å²) in [5.74, 6) is 1.04. The Bertz CT molecular complexity index is 772. The lowest BCUT2D eigenvalue weighted by Gasteiger charge is -2.25. The standard InChI is InChI=1S/C21H29ClN2O3/c1-6-17(19(26)7-2)24-18-10-14(5)23-21(16(18)11-25)27-20-12(3)8-15(22)9-13(20)4/h8-10,17,19,25-26H,6-7,11H2,1-5H3,(H,23,24). The molecule has 0 saturated heterocycles. The molecule has 2 rings (SSSR count). The van der Waals surface area contributed by atoms with Crippen LogP contribution >= 0.6 is 11.6 Å². The van der Waals surface area contributed by atoms with Crippen LogP contribution in [0.3, 0.4) is 0 Å². The van der Waals surface area contributed by atoms with E-state index in [-0.39, 0.29) is 12.6 Å². The average molecular weight is 393 g/mol. The molecule has 0 aliphatic heterocycles. The van der Waals surface area contributed by atoms with Crippen molar-refractivity contribution in [1.82, 2.24) is 4.98 Å². The highest BCUT2D eigenvalue weighted by Crippen LogP contribution is 2.35. The minimum atomic E-state index is -0.472. The number of nitrogens with zero attached hydrogens (tertiary/aromatic N) is 1. The quantitative estimate of drug-likeness (QED) is 0.595. The molecule has 2 unspecified atom stereocenters. The summed E-state index contributed by atoms with van der Waals surface area (Å²) in [5.41, 5.74) is 3.85. The summed E-state index contributed by atoms with van der Waals surface area (Å²) < 4.78 is 6.11. The summed E-state index contributed by atoms with van der Waals surface area (Å²) >= 11 is 6.11. The van der Waals surface area contributed by atoms with Crippen molar-refractivity contribution in [2.75, 3.05) is 5.32 Å². The van der Waals surface area contributed by atoms with Crippen LogP contribution in [0.4, 0.5) is 5.69 Å². The third-order valence-corrected chi connectivity index (χ3v) is 4.88. The number of aryl methyl sites for hydroxylation is 3. The van der Waals surface area contributed by atoms with E-state index in [4.69, 9.17) is 16.3 Å². The van der Waals surface area contributed by atoms with E-state index in [0.717, 1.165) is 28.9 Å². The summed E-state index contributed by atoms with van der Waals surface area (Å²) in [6, 6.07) is 5.42. The van der Waals surface area contributed by atoms with Crippen molar-refractivity contribution in [1.29, 1.82) is 0 Å². The van der Waals surface area contributed by atoms with Gasteiger partial charge in [-0.05, 0) is 62.9 Å². The molecule has 2 atom stereocenters. The average Bonchev–Trinajstić information content (AvgIpc) is 2.61. The molecule has 6 heteroatoms. The first-order valence-corrected chi connectivity index (χ1v) is 9.69. The molecule has 0 fully saturated rings. The number of aliphatic hydroxyl groups is 2. The topological polar surface area (TPSA) is 74.6 Å². The fourth-order valence-corrected chi connectivity index (χ4v) is 3.47. The lowest BCUT2D eigenvalue weighted by Crippen LogP contribution is -2.33. The van der Waals surface area contributed by atoms with Crippen molar-refractivity contribution >= 4 is 17.3 Å². The predicted molar refractivity (Wildman–Crippen MR) is 110 cm³/mol. The maximum absolute atomic E-state index is 10.2. The van der Waals surface area contributed by atoms with Crippen LogP contribution in [0.15, 0.2) is 18.2 Å². The van der Waals surface area contributed by atoms with E-state index >= 15 is 0 Å². The zero-order chi connectivity index (χ0) is 20.1. The Labute approximate surface area is 166 Å². The lowest BCUT2D eigenvalue weighted by molar-refractivity contribution is 0.146. The second kappa shape index (κ2) is 9.40. The third kappa shape index (κ3) is 5.12. The van der Waals surface area contributed by atoms with Gasteiger partial charge in [0, 0.05) is 16.4 Å². The van der Waals surface area contributed by atoms with E-state index in [0.29, 0.717) is 28.6 Å². The first-order chi connectivity index (χ1) is 12.8. The Balaban J connectivity index is 2.45. The number of nitrogens with one attached hydrogen (secondary N) is 1. The van der Waals surface area contributed by atoms with E-state index in [9.17, 15) is 10.2 Å². The maximum atomic E-state index is 10.2. The molecule has 1 heterocycles. The van der Waals surface area contributed by atoms with Crippen molar-refractivity contribution in [3.63, 3.8) is 0 Å². The molecular formula is C21H29ClN2O3. The van der Waals surface area contributed by atoms with Gasteiger partial charge in [-0.25, -0.2) is 4.98 Å². The van der Waals surface area contributed by atoms with Crippen LogP contribution in [0.2, 0.25) is 5.02 Å². The molecule has 1 aromatic heterocycles. The van der Waals surface area contributed by atoms with Gasteiger partial charge in [-0.2, -0.15) is 0 Å². The number of aromatic nitrogens is 1. The van der Waals surface area contributed by atoms with Crippen LogP contribution < -0.4 is 10.1 Å². The summed E-state index contributed by atoms with van der Waals surface area (Å²) in [5, 5.41) is 24.2. The second-order valence-corrected chi connectivity index (χ2v) is 7.29. The molecule has 148 valence electrons. The molecule has 27 heavy (non-hydrogen) atoms. The van der Waals surface area contributed by atoms with Crippen molar-refractivity contribution < 1.29 is 14.9 Å². The maximum Gasteiger partial charge on any atom is 0.227 e. The number of hydrogen-bond donors (Lipinski definition) is 3. The monoisotopic (exact) mass is 392 g/mol. The SMILES string of the molecule is CCC(O)C(CC)Nc1cc(C)nc(Oc2c(C)cc(Cl)cc2C)c1CO. The number of ether oxygens (including phenoxy) is 1. The normalized spacial score (nSPS) is 13.3. The summed E-state index contributed by atoms with van der Waals surface area (Å²) in [6.07, 6.45) is 0.934. The Morgan fingerprint density at radius 1 is 1.11 bits per heavy atom.